The maximum Gasteiger partial charge on any atom is 0.263 e. The summed E-state index contributed by atoms with van der Waals surface area (Å²) in [7, 11) is 0. The van der Waals surface area contributed by atoms with Crippen LogP contribution in [0.15, 0.2) is 16.7 Å². The van der Waals surface area contributed by atoms with Crippen molar-refractivity contribution in [2.75, 3.05) is 0 Å². The van der Waals surface area contributed by atoms with Crippen LogP contribution in [0.4, 0.5) is 0 Å². The van der Waals surface area contributed by atoms with Gasteiger partial charge in [0.1, 0.15) is 0 Å². The Kier molecular flexibility index (Phi) is 3.63. The zero-order valence-electron chi connectivity index (χ0n) is 8.50. The smallest absolute Gasteiger partial charge is 0.263 e. The first kappa shape index (κ1) is 10.7. The van der Waals surface area contributed by atoms with E-state index in [-0.39, 0.29) is 11.5 Å². The van der Waals surface area contributed by atoms with Crippen LogP contribution in [0.2, 0.25) is 0 Å². The van der Waals surface area contributed by atoms with Gasteiger partial charge in [-0.05, 0) is 25.0 Å². The molecule has 0 aromatic carbocycles. The number of carbonyl (C=O) groups is 2. The molecule has 0 N–H and O–H groups in total. The summed E-state index contributed by atoms with van der Waals surface area (Å²) in [5, 5.41) is 0. The van der Waals surface area contributed by atoms with E-state index in [1.807, 2.05) is 13.8 Å². The van der Waals surface area contributed by atoms with Crippen LogP contribution < -0.4 is 0 Å². The molecule has 0 atom stereocenters. The number of carbonyl (C=O) groups excluding carboxylic acids is 2. The van der Waals surface area contributed by atoms with Crippen molar-refractivity contribution in [1.29, 1.82) is 0 Å². The van der Waals surface area contributed by atoms with E-state index >= 15 is 0 Å². The second-order valence-electron chi connectivity index (χ2n) is 3.34. The van der Waals surface area contributed by atoms with Gasteiger partial charge in [0.15, 0.2) is 5.76 Å². The maximum atomic E-state index is 11.4. The van der Waals surface area contributed by atoms with Gasteiger partial charge in [-0.25, -0.2) is 0 Å². The molecule has 0 amide bonds. The Morgan fingerprint density at radius 3 is 2.64 bits per heavy atom. The van der Waals surface area contributed by atoms with Crippen LogP contribution in [0, 0.1) is 6.92 Å². The second-order valence-corrected chi connectivity index (χ2v) is 3.34. The van der Waals surface area contributed by atoms with Crippen LogP contribution in [0.3, 0.4) is 0 Å². The molecule has 1 rings (SSSR count). The predicted molar refractivity (Wildman–Crippen MR) is 52.3 cm³/mol. The number of unbranched alkanes of at least 4 members (excludes halogenated alkanes) is 1. The summed E-state index contributed by atoms with van der Waals surface area (Å²) in [6.45, 7) is 3.80. The first-order chi connectivity index (χ1) is 6.65. The molecule has 3 heteroatoms. The Bertz CT molecular complexity index is 336. The van der Waals surface area contributed by atoms with Crippen LogP contribution in [-0.4, -0.2) is 11.6 Å². The number of ketones is 2. The Labute approximate surface area is 83.1 Å². The summed E-state index contributed by atoms with van der Waals surface area (Å²) in [6.07, 6.45) is 3.45. The van der Waals surface area contributed by atoms with Gasteiger partial charge < -0.3 is 4.42 Å². The minimum Gasteiger partial charge on any atom is -0.460 e. The summed E-state index contributed by atoms with van der Waals surface area (Å²) in [5.41, 5.74) is 0.858. The highest BCUT2D eigenvalue weighted by Crippen LogP contribution is 2.09. The Morgan fingerprint density at radius 1 is 1.43 bits per heavy atom. The van der Waals surface area contributed by atoms with Crippen molar-refractivity contribution >= 4 is 11.6 Å². The lowest BCUT2D eigenvalue weighted by atomic mass is 10.1. The van der Waals surface area contributed by atoms with Crippen LogP contribution in [0.5, 0.6) is 0 Å². The summed E-state index contributed by atoms with van der Waals surface area (Å²) in [6, 6.07) is 1.59. The van der Waals surface area contributed by atoms with Gasteiger partial charge in [0.2, 0.25) is 5.78 Å². The molecular weight excluding hydrogens is 180 g/mol. The molecule has 3 nitrogen and oxygen atoms in total. The molecule has 14 heavy (non-hydrogen) atoms. The molecule has 0 radical (unpaired) electrons. The van der Waals surface area contributed by atoms with Crippen molar-refractivity contribution < 1.29 is 14.0 Å². The van der Waals surface area contributed by atoms with Gasteiger partial charge in [-0.2, -0.15) is 0 Å². The number of Topliss-reactive ketones (excluding diaryl/α,β-unsaturated/α-hetero) is 2. The number of furan rings is 1. The third kappa shape index (κ3) is 2.55. The lowest BCUT2D eigenvalue weighted by Crippen LogP contribution is -2.12. The highest BCUT2D eigenvalue weighted by molar-refractivity contribution is 6.42. The second kappa shape index (κ2) is 4.74. The fourth-order valence-corrected chi connectivity index (χ4v) is 1.14. The number of hydrogen-bond acceptors (Lipinski definition) is 3. The summed E-state index contributed by atoms with van der Waals surface area (Å²) >= 11 is 0. The molecule has 1 aromatic rings. The van der Waals surface area contributed by atoms with Crippen LogP contribution in [0.25, 0.3) is 0 Å². The third-order valence-corrected chi connectivity index (χ3v) is 1.96. The molecule has 0 bridgehead atoms. The largest absolute Gasteiger partial charge is 0.460 e. The molecule has 1 aromatic heterocycles. The Balaban J connectivity index is 2.61. The van der Waals surface area contributed by atoms with E-state index < -0.39 is 5.78 Å². The maximum absolute atomic E-state index is 11.4. The summed E-state index contributed by atoms with van der Waals surface area (Å²) < 4.78 is 4.96. The van der Waals surface area contributed by atoms with E-state index in [0.717, 1.165) is 18.4 Å². The molecule has 1 heterocycles. The first-order valence-corrected chi connectivity index (χ1v) is 4.77. The van der Waals surface area contributed by atoms with Gasteiger partial charge in [-0.15, -0.1) is 0 Å². The molecule has 76 valence electrons. The quantitative estimate of drug-likeness (QED) is 0.534. The zero-order valence-corrected chi connectivity index (χ0v) is 8.50. The summed E-state index contributed by atoms with van der Waals surface area (Å²) in [4.78, 5) is 22.7. The highest BCUT2D eigenvalue weighted by atomic mass is 16.3. The van der Waals surface area contributed by atoms with E-state index in [9.17, 15) is 9.59 Å². The molecule has 0 fully saturated rings. The topological polar surface area (TPSA) is 47.3 Å². The van der Waals surface area contributed by atoms with E-state index in [2.05, 4.69) is 0 Å². The molecule has 0 saturated heterocycles. The SMILES string of the molecule is CCCCC(=O)C(=O)c1cc(C)co1. The Hall–Kier alpha value is -1.38. The minimum absolute atomic E-state index is 0.156. The van der Waals surface area contributed by atoms with E-state index in [4.69, 9.17) is 4.42 Å². The average molecular weight is 194 g/mol. The van der Waals surface area contributed by atoms with Crippen LogP contribution in [0.1, 0.15) is 42.3 Å². The molecule has 0 spiro atoms. The van der Waals surface area contributed by atoms with E-state index in [1.54, 1.807) is 6.07 Å². The number of rotatable bonds is 5. The lowest BCUT2D eigenvalue weighted by Gasteiger charge is -1.94. The fraction of sp³-hybridized carbons (Fsp3) is 0.455. The highest BCUT2D eigenvalue weighted by Gasteiger charge is 2.18. The number of aryl methyl sites for hydroxylation is 1. The monoisotopic (exact) mass is 194 g/mol. The minimum atomic E-state index is -0.508. The molecule has 0 unspecified atom stereocenters. The van der Waals surface area contributed by atoms with Crippen molar-refractivity contribution in [3.05, 3.63) is 23.7 Å². The molecule has 0 saturated carbocycles. The van der Waals surface area contributed by atoms with Crippen molar-refractivity contribution in [2.24, 2.45) is 0 Å². The molecule has 0 aliphatic heterocycles. The zero-order chi connectivity index (χ0) is 10.6. The molecule has 0 aliphatic rings. The molecule has 0 aliphatic carbocycles. The van der Waals surface area contributed by atoms with Gasteiger partial charge in [0, 0.05) is 6.42 Å². The van der Waals surface area contributed by atoms with Gasteiger partial charge in [0.25, 0.3) is 5.78 Å². The normalized spacial score (nSPS) is 10.1. The van der Waals surface area contributed by atoms with Crippen molar-refractivity contribution in [3.63, 3.8) is 0 Å². The van der Waals surface area contributed by atoms with Gasteiger partial charge >= 0.3 is 0 Å². The van der Waals surface area contributed by atoms with Crippen LogP contribution in [-0.2, 0) is 4.79 Å². The Morgan fingerprint density at radius 2 is 2.14 bits per heavy atom. The van der Waals surface area contributed by atoms with E-state index in [0.29, 0.717) is 6.42 Å². The first-order valence-electron chi connectivity index (χ1n) is 4.77. The third-order valence-electron chi connectivity index (χ3n) is 1.96. The number of hydrogen-bond donors (Lipinski definition) is 0. The van der Waals surface area contributed by atoms with Crippen molar-refractivity contribution in [2.45, 2.75) is 33.1 Å². The summed E-state index contributed by atoms with van der Waals surface area (Å²) in [5.74, 6) is -0.712. The van der Waals surface area contributed by atoms with Gasteiger partial charge in [-0.3, -0.25) is 9.59 Å². The van der Waals surface area contributed by atoms with Crippen molar-refractivity contribution in [1.82, 2.24) is 0 Å². The molecular formula is C11H14O3. The fourth-order valence-electron chi connectivity index (χ4n) is 1.14. The predicted octanol–water partition coefficient (Wildman–Crippen LogP) is 2.53. The van der Waals surface area contributed by atoms with Crippen LogP contribution >= 0.6 is 0 Å². The standard InChI is InChI=1S/C11H14O3/c1-3-4-5-9(12)11(13)10-6-8(2)7-14-10/h6-7H,3-5H2,1-2H3. The lowest BCUT2D eigenvalue weighted by molar-refractivity contribution is -0.115. The van der Waals surface area contributed by atoms with Gasteiger partial charge in [-0.1, -0.05) is 13.3 Å². The van der Waals surface area contributed by atoms with Crippen molar-refractivity contribution in [3.8, 4) is 0 Å². The average Bonchev–Trinajstić information content (AvgIpc) is 2.60. The van der Waals surface area contributed by atoms with Gasteiger partial charge in [0.05, 0.1) is 6.26 Å². The van der Waals surface area contributed by atoms with E-state index in [1.165, 1.54) is 6.26 Å².